The van der Waals surface area contributed by atoms with E-state index in [1.54, 1.807) is 6.20 Å². The second kappa shape index (κ2) is 9.49. The summed E-state index contributed by atoms with van der Waals surface area (Å²) in [4.78, 5) is 24.2. The molecule has 1 saturated carbocycles. The highest BCUT2D eigenvalue weighted by Crippen LogP contribution is 2.37. The molecule has 0 unspecified atom stereocenters. The molecule has 5 rings (SSSR count). The van der Waals surface area contributed by atoms with Crippen LogP contribution in [0.4, 0.5) is 8.78 Å². The van der Waals surface area contributed by atoms with Crippen LogP contribution >= 0.6 is 0 Å². The van der Waals surface area contributed by atoms with Crippen LogP contribution in [0.25, 0.3) is 22.0 Å². The van der Waals surface area contributed by atoms with Gasteiger partial charge >= 0.3 is 0 Å². The summed E-state index contributed by atoms with van der Waals surface area (Å²) in [5, 5.41) is 5.42. The van der Waals surface area contributed by atoms with E-state index in [2.05, 4.69) is 26.0 Å². The number of fused-ring (bicyclic) bond motifs is 1. The monoisotopic (exact) mass is 467 g/mol. The Morgan fingerprint density at radius 1 is 1.06 bits per heavy atom. The quantitative estimate of drug-likeness (QED) is 0.513. The summed E-state index contributed by atoms with van der Waals surface area (Å²) in [7, 11) is 1.98. The molecule has 2 aliphatic rings. The van der Waals surface area contributed by atoms with Crippen LogP contribution in [0.2, 0.25) is 0 Å². The second-order valence-electron chi connectivity index (χ2n) is 9.83. The Balaban J connectivity index is 1.35. The number of hydrogen-bond acceptors (Lipinski definition) is 5. The van der Waals surface area contributed by atoms with Crippen LogP contribution in [0.5, 0.6) is 0 Å². The minimum Gasteiger partial charge on any atom is -0.299 e. The number of carbonyl (C=O) groups excluding carboxylic acids is 1. The maximum absolute atomic E-state index is 13.4. The fraction of sp³-hybridized carbons (Fsp3) is 0.538. The SMILES string of the molecule is Cn1ncc(-c2cnc3cnc(CC(=O)C4CCC(F)(F)CC4)cc3c2)c1CN1CCCCC1. The fourth-order valence-electron chi connectivity index (χ4n) is 5.23. The molecule has 0 atom stereocenters. The van der Waals surface area contributed by atoms with Crippen molar-refractivity contribution in [2.75, 3.05) is 13.1 Å². The van der Waals surface area contributed by atoms with Crippen molar-refractivity contribution >= 4 is 16.7 Å². The fourth-order valence-corrected chi connectivity index (χ4v) is 5.23. The average molecular weight is 468 g/mol. The van der Waals surface area contributed by atoms with E-state index >= 15 is 0 Å². The third kappa shape index (κ3) is 5.02. The maximum Gasteiger partial charge on any atom is 0.248 e. The van der Waals surface area contributed by atoms with Crippen molar-refractivity contribution in [3.05, 3.63) is 42.1 Å². The van der Waals surface area contributed by atoms with Crippen molar-refractivity contribution in [2.24, 2.45) is 13.0 Å². The van der Waals surface area contributed by atoms with Gasteiger partial charge in [0.25, 0.3) is 0 Å². The number of rotatable bonds is 6. The number of aryl methyl sites for hydroxylation is 1. The first-order valence-corrected chi connectivity index (χ1v) is 12.3. The van der Waals surface area contributed by atoms with E-state index in [9.17, 15) is 13.6 Å². The van der Waals surface area contributed by atoms with Gasteiger partial charge in [-0.1, -0.05) is 6.42 Å². The summed E-state index contributed by atoms with van der Waals surface area (Å²) in [5.41, 5.74) is 4.65. The van der Waals surface area contributed by atoms with E-state index in [4.69, 9.17) is 0 Å². The molecule has 0 aromatic carbocycles. The van der Waals surface area contributed by atoms with Crippen molar-refractivity contribution in [2.45, 2.75) is 63.8 Å². The molecule has 2 fully saturated rings. The van der Waals surface area contributed by atoms with Gasteiger partial charge in [0.1, 0.15) is 5.78 Å². The van der Waals surface area contributed by atoms with Gasteiger partial charge in [-0.15, -0.1) is 0 Å². The van der Waals surface area contributed by atoms with Crippen molar-refractivity contribution in [1.82, 2.24) is 24.6 Å². The van der Waals surface area contributed by atoms with E-state index in [0.29, 0.717) is 5.69 Å². The van der Waals surface area contributed by atoms with Gasteiger partial charge in [0.2, 0.25) is 5.92 Å². The molecule has 0 spiro atoms. The molecule has 3 aromatic heterocycles. The first kappa shape index (κ1) is 23.0. The van der Waals surface area contributed by atoms with Gasteiger partial charge in [0.15, 0.2) is 0 Å². The number of hydrogen-bond donors (Lipinski definition) is 0. The molecule has 0 radical (unpaired) electrons. The van der Waals surface area contributed by atoms with Crippen molar-refractivity contribution in [3.8, 4) is 11.1 Å². The standard InChI is InChI=1S/C26H31F2N5O/c1-32-24(17-33-9-3-2-4-10-33)22(15-31-32)20-11-19-12-21(29-16-23(19)30-14-20)13-25(34)18-5-7-26(27,28)8-6-18/h11-12,14-16,18H,2-10,13,17H2,1H3. The van der Waals surface area contributed by atoms with Crippen LogP contribution in [-0.2, 0) is 24.8 Å². The largest absolute Gasteiger partial charge is 0.299 e. The Labute approximate surface area is 198 Å². The summed E-state index contributed by atoms with van der Waals surface area (Å²) in [6.45, 7) is 3.09. The van der Waals surface area contributed by atoms with Crippen LogP contribution in [0.15, 0.2) is 30.7 Å². The lowest BCUT2D eigenvalue weighted by Crippen LogP contribution is -2.30. The number of halogens is 2. The molecule has 34 heavy (non-hydrogen) atoms. The Bertz CT molecular complexity index is 1180. The first-order chi connectivity index (χ1) is 16.4. The van der Waals surface area contributed by atoms with Crippen molar-refractivity contribution in [1.29, 1.82) is 0 Å². The van der Waals surface area contributed by atoms with Crippen LogP contribution in [0.1, 0.15) is 56.3 Å². The van der Waals surface area contributed by atoms with E-state index in [1.807, 2.05) is 30.2 Å². The van der Waals surface area contributed by atoms with Gasteiger partial charge in [-0.2, -0.15) is 5.10 Å². The predicted molar refractivity (Wildman–Crippen MR) is 126 cm³/mol. The van der Waals surface area contributed by atoms with Crippen LogP contribution < -0.4 is 0 Å². The third-order valence-electron chi connectivity index (χ3n) is 7.35. The van der Waals surface area contributed by atoms with Gasteiger partial charge in [-0.25, -0.2) is 8.78 Å². The van der Waals surface area contributed by atoms with Gasteiger partial charge in [-0.3, -0.25) is 24.3 Å². The number of aromatic nitrogens is 4. The topological polar surface area (TPSA) is 63.9 Å². The van der Waals surface area contributed by atoms with E-state index in [0.717, 1.165) is 41.7 Å². The van der Waals surface area contributed by atoms with Crippen molar-refractivity contribution in [3.63, 3.8) is 0 Å². The lowest BCUT2D eigenvalue weighted by atomic mass is 9.83. The number of Topliss-reactive ketones (excluding diaryl/α,β-unsaturated/α-hetero) is 1. The second-order valence-corrected chi connectivity index (χ2v) is 9.83. The van der Waals surface area contributed by atoms with E-state index in [-0.39, 0.29) is 43.8 Å². The highest BCUT2D eigenvalue weighted by molar-refractivity contribution is 5.86. The van der Waals surface area contributed by atoms with Gasteiger partial charge in [-0.05, 0) is 50.9 Å². The lowest BCUT2D eigenvalue weighted by molar-refractivity contribution is -0.126. The summed E-state index contributed by atoms with van der Waals surface area (Å²) >= 11 is 0. The molecule has 3 aromatic rings. The van der Waals surface area contributed by atoms with Gasteiger partial charge < -0.3 is 0 Å². The molecule has 0 amide bonds. The minimum absolute atomic E-state index is 0.00235. The number of piperidine rings is 1. The molecule has 180 valence electrons. The summed E-state index contributed by atoms with van der Waals surface area (Å²) in [6.07, 6.45) is 9.50. The third-order valence-corrected chi connectivity index (χ3v) is 7.35. The van der Waals surface area contributed by atoms with Crippen LogP contribution in [0.3, 0.4) is 0 Å². The smallest absolute Gasteiger partial charge is 0.248 e. The zero-order chi connectivity index (χ0) is 23.7. The summed E-state index contributed by atoms with van der Waals surface area (Å²) in [5.74, 6) is -2.92. The summed E-state index contributed by atoms with van der Waals surface area (Å²) in [6, 6.07) is 3.98. The molecule has 1 aliphatic heterocycles. The molecular formula is C26H31F2N5O. The summed E-state index contributed by atoms with van der Waals surface area (Å²) < 4.78 is 28.8. The van der Waals surface area contributed by atoms with Crippen LogP contribution in [0, 0.1) is 5.92 Å². The number of carbonyl (C=O) groups is 1. The molecule has 6 nitrogen and oxygen atoms in total. The zero-order valence-corrected chi connectivity index (χ0v) is 19.6. The van der Waals surface area contributed by atoms with Gasteiger partial charge in [0, 0.05) is 67.2 Å². The van der Waals surface area contributed by atoms with Crippen molar-refractivity contribution < 1.29 is 13.6 Å². The molecule has 1 aliphatic carbocycles. The molecule has 0 N–H and O–H groups in total. The normalized spacial score (nSPS) is 19.5. The molecule has 1 saturated heterocycles. The Morgan fingerprint density at radius 2 is 1.82 bits per heavy atom. The van der Waals surface area contributed by atoms with Gasteiger partial charge in [0.05, 0.1) is 23.6 Å². The Morgan fingerprint density at radius 3 is 2.59 bits per heavy atom. The maximum atomic E-state index is 13.4. The highest BCUT2D eigenvalue weighted by atomic mass is 19.3. The minimum atomic E-state index is -2.63. The molecule has 8 heteroatoms. The number of pyridine rings is 2. The highest BCUT2D eigenvalue weighted by Gasteiger charge is 2.37. The van der Waals surface area contributed by atoms with E-state index in [1.165, 1.54) is 25.0 Å². The Kier molecular flexibility index (Phi) is 6.42. The Hall–Kier alpha value is -2.74. The predicted octanol–water partition coefficient (Wildman–Crippen LogP) is 4.95. The first-order valence-electron chi connectivity index (χ1n) is 12.3. The number of alkyl halides is 2. The zero-order valence-electron chi connectivity index (χ0n) is 19.6. The average Bonchev–Trinajstić information content (AvgIpc) is 3.19. The van der Waals surface area contributed by atoms with E-state index < -0.39 is 5.92 Å². The molecular weight excluding hydrogens is 436 g/mol. The lowest BCUT2D eigenvalue weighted by Gasteiger charge is -2.27. The molecule has 4 heterocycles. The number of ketones is 1. The number of likely N-dealkylation sites (tertiary alicyclic amines) is 1. The van der Waals surface area contributed by atoms with Crippen LogP contribution in [-0.4, -0.2) is 49.4 Å². The molecule has 0 bridgehead atoms. The number of nitrogens with zero attached hydrogens (tertiary/aromatic N) is 5.